The summed E-state index contributed by atoms with van der Waals surface area (Å²) in [6.07, 6.45) is 4.00. The zero-order valence-electron chi connectivity index (χ0n) is 13.3. The summed E-state index contributed by atoms with van der Waals surface area (Å²) >= 11 is 1.10. The fraction of sp³-hybridized carbons (Fsp3) is 0.667. The molecule has 2 aliphatic rings. The van der Waals surface area contributed by atoms with Crippen LogP contribution >= 0.6 is 11.5 Å². The van der Waals surface area contributed by atoms with Gasteiger partial charge in [0.05, 0.1) is 24.9 Å². The van der Waals surface area contributed by atoms with Crippen molar-refractivity contribution >= 4 is 28.5 Å². The maximum absolute atomic E-state index is 12.7. The van der Waals surface area contributed by atoms with Crippen molar-refractivity contribution in [2.75, 3.05) is 25.6 Å². The highest BCUT2D eigenvalue weighted by Gasteiger charge is 2.37. The van der Waals surface area contributed by atoms with Gasteiger partial charge in [-0.05, 0) is 44.1 Å². The summed E-state index contributed by atoms with van der Waals surface area (Å²) in [5.41, 5.74) is 0.898. The molecular formula is C15H21N3O4S. The quantitative estimate of drug-likeness (QED) is 0.837. The predicted molar refractivity (Wildman–Crippen MR) is 85.9 cm³/mol. The molecule has 1 aliphatic carbocycles. The van der Waals surface area contributed by atoms with Crippen LogP contribution in [0.1, 0.15) is 41.7 Å². The van der Waals surface area contributed by atoms with E-state index in [0.717, 1.165) is 37.2 Å². The molecule has 8 heteroatoms. The van der Waals surface area contributed by atoms with Crippen LogP contribution in [0.2, 0.25) is 0 Å². The van der Waals surface area contributed by atoms with Gasteiger partial charge >= 0.3 is 12.0 Å². The molecule has 3 rings (SSSR count). The Bertz CT molecular complexity index is 604. The van der Waals surface area contributed by atoms with E-state index in [1.165, 1.54) is 7.11 Å². The van der Waals surface area contributed by atoms with E-state index in [-0.39, 0.29) is 18.2 Å². The fourth-order valence-electron chi connectivity index (χ4n) is 3.31. The van der Waals surface area contributed by atoms with Crippen LogP contribution in [0.5, 0.6) is 0 Å². The summed E-state index contributed by atoms with van der Waals surface area (Å²) in [4.78, 5) is 26.4. The number of fused-ring (bicyclic) bond motifs is 1. The minimum absolute atomic E-state index is 0.119. The zero-order chi connectivity index (χ0) is 16.4. The van der Waals surface area contributed by atoms with Crippen molar-refractivity contribution in [3.8, 4) is 0 Å². The van der Waals surface area contributed by atoms with Gasteiger partial charge in [0, 0.05) is 13.2 Å². The van der Waals surface area contributed by atoms with E-state index in [4.69, 9.17) is 9.47 Å². The number of carbonyl (C=O) groups excluding carboxylic acids is 2. The second-order valence-electron chi connectivity index (χ2n) is 5.85. The number of urea groups is 1. The molecule has 0 aromatic carbocycles. The van der Waals surface area contributed by atoms with Crippen LogP contribution in [0.15, 0.2) is 0 Å². The van der Waals surface area contributed by atoms with Gasteiger partial charge in [-0.1, -0.05) is 0 Å². The largest absolute Gasteiger partial charge is 0.465 e. The molecule has 1 aliphatic heterocycles. The Balaban J connectivity index is 1.77. The van der Waals surface area contributed by atoms with Crippen LogP contribution in [-0.2, 0) is 9.47 Å². The lowest BCUT2D eigenvalue weighted by molar-refractivity contribution is 0.0413. The van der Waals surface area contributed by atoms with Gasteiger partial charge in [0.15, 0.2) is 0 Å². The van der Waals surface area contributed by atoms with Crippen molar-refractivity contribution in [3.63, 3.8) is 0 Å². The van der Waals surface area contributed by atoms with E-state index in [2.05, 4.69) is 9.69 Å². The molecule has 0 unspecified atom stereocenters. The van der Waals surface area contributed by atoms with Crippen molar-refractivity contribution in [2.45, 2.75) is 44.8 Å². The molecule has 0 bridgehead atoms. The Kier molecular flexibility index (Phi) is 4.82. The molecule has 1 N–H and O–H groups in total. The van der Waals surface area contributed by atoms with Crippen molar-refractivity contribution in [1.29, 1.82) is 0 Å². The predicted octanol–water partition coefficient (Wildman–Crippen LogP) is 2.41. The number of esters is 1. The molecule has 1 saturated heterocycles. The van der Waals surface area contributed by atoms with Crippen molar-refractivity contribution < 1.29 is 19.1 Å². The van der Waals surface area contributed by atoms with Gasteiger partial charge < -0.3 is 14.4 Å². The number of ether oxygens (including phenoxy) is 2. The van der Waals surface area contributed by atoms with Gasteiger partial charge in [-0.2, -0.15) is 4.37 Å². The highest BCUT2D eigenvalue weighted by Crippen LogP contribution is 2.31. The molecule has 2 heterocycles. The van der Waals surface area contributed by atoms with Crippen LogP contribution in [-0.4, -0.2) is 53.7 Å². The van der Waals surface area contributed by atoms with Crippen LogP contribution in [0.3, 0.4) is 0 Å². The molecule has 2 fully saturated rings. The van der Waals surface area contributed by atoms with Crippen molar-refractivity contribution in [3.05, 3.63) is 11.3 Å². The van der Waals surface area contributed by atoms with Gasteiger partial charge in [-0.3, -0.25) is 5.32 Å². The summed E-state index contributed by atoms with van der Waals surface area (Å²) < 4.78 is 14.8. The highest BCUT2D eigenvalue weighted by molar-refractivity contribution is 7.11. The lowest BCUT2D eigenvalue weighted by atomic mass is 10.2. The highest BCUT2D eigenvalue weighted by atomic mass is 32.1. The number of amides is 2. The first-order chi connectivity index (χ1) is 11.1. The van der Waals surface area contributed by atoms with E-state index >= 15 is 0 Å². The Morgan fingerprint density at radius 2 is 2.22 bits per heavy atom. The molecule has 0 spiro atoms. The number of anilines is 1. The van der Waals surface area contributed by atoms with E-state index in [1.807, 2.05) is 4.90 Å². The maximum Gasteiger partial charge on any atom is 0.342 e. The monoisotopic (exact) mass is 339 g/mol. The molecular weight excluding hydrogens is 318 g/mol. The van der Waals surface area contributed by atoms with Gasteiger partial charge in [0.25, 0.3) is 0 Å². The summed E-state index contributed by atoms with van der Waals surface area (Å²) in [6.45, 7) is 3.08. The summed E-state index contributed by atoms with van der Waals surface area (Å²) in [6, 6.07) is -0.0747. The van der Waals surface area contributed by atoms with Gasteiger partial charge in [-0.15, -0.1) is 0 Å². The SMILES string of the molecule is COC(=O)c1c(C)nsc1NC(=O)N1CCCO[C@H]2CCC[C@@H]21. The van der Waals surface area contributed by atoms with E-state index in [9.17, 15) is 9.59 Å². The minimum Gasteiger partial charge on any atom is -0.465 e. The number of aromatic nitrogens is 1. The third-order valence-electron chi connectivity index (χ3n) is 4.43. The lowest BCUT2D eigenvalue weighted by Crippen LogP contribution is -2.46. The Morgan fingerprint density at radius 1 is 1.39 bits per heavy atom. The van der Waals surface area contributed by atoms with E-state index < -0.39 is 5.97 Å². The minimum atomic E-state index is -0.482. The van der Waals surface area contributed by atoms with Gasteiger partial charge in [0.2, 0.25) is 0 Å². The molecule has 0 radical (unpaired) electrons. The molecule has 7 nitrogen and oxygen atoms in total. The molecule has 1 saturated carbocycles. The first-order valence-electron chi connectivity index (χ1n) is 7.85. The smallest absolute Gasteiger partial charge is 0.342 e. The molecule has 2 amide bonds. The zero-order valence-corrected chi connectivity index (χ0v) is 14.1. The van der Waals surface area contributed by atoms with Crippen LogP contribution in [0.25, 0.3) is 0 Å². The summed E-state index contributed by atoms with van der Waals surface area (Å²) in [7, 11) is 1.32. The molecule has 1 aromatic rings. The van der Waals surface area contributed by atoms with Crippen LogP contribution in [0.4, 0.5) is 9.80 Å². The Morgan fingerprint density at radius 3 is 3.00 bits per heavy atom. The van der Waals surface area contributed by atoms with E-state index in [1.54, 1.807) is 6.92 Å². The number of carbonyl (C=O) groups is 2. The topological polar surface area (TPSA) is 80.8 Å². The molecule has 23 heavy (non-hydrogen) atoms. The number of rotatable bonds is 2. The number of aryl methyl sites for hydroxylation is 1. The number of nitrogens with one attached hydrogen (secondary N) is 1. The lowest BCUT2D eigenvalue weighted by Gasteiger charge is -2.29. The first kappa shape index (κ1) is 16.2. The Labute approximate surface area is 139 Å². The summed E-state index contributed by atoms with van der Waals surface area (Å²) in [5, 5.41) is 3.29. The second-order valence-corrected chi connectivity index (χ2v) is 6.62. The Hall–Kier alpha value is -1.67. The maximum atomic E-state index is 12.7. The number of hydrogen-bond donors (Lipinski definition) is 1. The van der Waals surface area contributed by atoms with Crippen LogP contribution in [0, 0.1) is 6.92 Å². The molecule has 1 aromatic heterocycles. The molecule has 126 valence electrons. The van der Waals surface area contributed by atoms with Crippen molar-refractivity contribution in [2.24, 2.45) is 0 Å². The number of hydrogen-bond acceptors (Lipinski definition) is 6. The van der Waals surface area contributed by atoms with Gasteiger partial charge in [-0.25, -0.2) is 9.59 Å². The standard InChI is InChI=1S/C15H21N3O4S/c1-9-12(14(19)21-2)13(23-17-9)16-15(20)18-7-4-8-22-11-6-3-5-10(11)18/h10-11H,3-8H2,1-2H3,(H,16,20)/t10-,11-/m0/s1. The summed E-state index contributed by atoms with van der Waals surface area (Å²) in [5.74, 6) is -0.482. The average molecular weight is 339 g/mol. The number of methoxy groups -OCH3 is 1. The van der Waals surface area contributed by atoms with Crippen molar-refractivity contribution in [1.82, 2.24) is 9.27 Å². The fourth-order valence-corrected chi connectivity index (χ4v) is 4.09. The third kappa shape index (κ3) is 3.18. The second kappa shape index (κ2) is 6.84. The first-order valence-corrected chi connectivity index (χ1v) is 8.63. The molecule has 2 atom stereocenters. The van der Waals surface area contributed by atoms with Crippen LogP contribution < -0.4 is 5.32 Å². The normalized spacial score (nSPS) is 24.0. The number of nitrogens with zero attached hydrogens (tertiary/aromatic N) is 2. The van der Waals surface area contributed by atoms with Gasteiger partial charge in [0.1, 0.15) is 10.6 Å². The average Bonchev–Trinajstić information content (AvgIpc) is 3.08. The van der Waals surface area contributed by atoms with E-state index in [0.29, 0.717) is 29.4 Å². The third-order valence-corrected chi connectivity index (χ3v) is 5.28.